The second-order valence-corrected chi connectivity index (χ2v) is 7.87. The Balaban J connectivity index is 1.25. The summed E-state index contributed by atoms with van der Waals surface area (Å²) in [7, 11) is 0. The largest absolute Gasteiger partial charge is 0.374 e. The van der Waals surface area contributed by atoms with Crippen LogP contribution in [0.5, 0.6) is 0 Å². The minimum atomic E-state index is -0.122. The monoisotopic (exact) mass is 393 g/mol. The number of benzene rings is 2. The third kappa shape index (κ3) is 5.04. The first-order chi connectivity index (χ1) is 13.8. The maximum Gasteiger partial charge on any atom is 0.244 e. The molecule has 1 fully saturated rings. The van der Waals surface area contributed by atoms with Crippen LogP contribution in [0.15, 0.2) is 60.7 Å². The molecule has 0 saturated carbocycles. The van der Waals surface area contributed by atoms with Gasteiger partial charge < -0.3 is 10.1 Å². The van der Waals surface area contributed by atoms with Gasteiger partial charge in [-0.05, 0) is 23.8 Å². The molecule has 1 amide bonds. The number of aromatic nitrogens is 1. The molecule has 1 aliphatic heterocycles. The van der Waals surface area contributed by atoms with Gasteiger partial charge in [-0.2, -0.15) is 0 Å². The summed E-state index contributed by atoms with van der Waals surface area (Å²) in [6.07, 6.45) is 3.32. The van der Waals surface area contributed by atoms with Crippen LogP contribution in [0.25, 0.3) is 16.3 Å². The fourth-order valence-corrected chi connectivity index (χ4v) is 4.14. The lowest BCUT2D eigenvalue weighted by Gasteiger charge is -2.33. The summed E-state index contributed by atoms with van der Waals surface area (Å²) in [6, 6.07) is 18.4. The molecule has 2 heterocycles. The van der Waals surface area contributed by atoms with Crippen LogP contribution < -0.4 is 5.32 Å². The van der Waals surface area contributed by atoms with E-state index in [-0.39, 0.29) is 12.0 Å². The topological polar surface area (TPSA) is 54.5 Å². The molecule has 1 saturated heterocycles. The van der Waals surface area contributed by atoms with Crippen LogP contribution in [-0.4, -0.2) is 48.1 Å². The van der Waals surface area contributed by atoms with Crippen molar-refractivity contribution >= 4 is 33.5 Å². The molecule has 28 heavy (non-hydrogen) atoms. The highest BCUT2D eigenvalue weighted by Gasteiger charge is 2.20. The zero-order chi connectivity index (χ0) is 19.2. The fourth-order valence-electron chi connectivity index (χ4n) is 3.27. The molecule has 3 aromatic rings. The van der Waals surface area contributed by atoms with E-state index in [1.54, 1.807) is 23.5 Å². The molecule has 4 rings (SSSR count). The Morgan fingerprint density at radius 1 is 1.21 bits per heavy atom. The predicted octanol–water partition coefficient (Wildman–Crippen LogP) is 3.33. The summed E-state index contributed by atoms with van der Waals surface area (Å²) in [5, 5.41) is 3.77. The van der Waals surface area contributed by atoms with E-state index in [0.29, 0.717) is 13.2 Å². The minimum absolute atomic E-state index is 0.0114. The predicted molar refractivity (Wildman–Crippen MR) is 113 cm³/mol. The Morgan fingerprint density at radius 3 is 2.89 bits per heavy atom. The van der Waals surface area contributed by atoms with Crippen molar-refractivity contribution in [3.8, 4) is 0 Å². The zero-order valence-corrected chi connectivity index (χ0v) is 16.4. The van der Waals surface area contributed by atoms with Gasteiger partial charge in [0.05, 0.1) is 22.9 Å². The summed E-state index contributed by atoms with van der Waals surface area (Å²) >= 11 is 1.58. The Labute approximate surface area is 168 Å². The van der Waals surface area contributed by atoms with Gasteiger partial charge in [-0.3, -0.25) is 9.69 Å². The van der Waals surface area contributed by atoms with Crippen molar-refractivity contribution in [1.29, 1.82) is 0 Å². The van der Waals surface area contributed by atoms with E-state index in [9.17, 15) is 4.79 Å². The minimum Gasteiger partial charge on any atom is -0.374 e. The molecular weight excluding hydrogens is 370 g/mol. The van der Waals surface area contributed by atoms with Gasteiger partial charge in [0.25, 0.3) is 0 Å². The summed E-state index contributed by atoms with van der Waals surface area (Å²) in [6.45, 7) is 3.84. The van der Waals surface area contributed by atoms with Crippen LogP contribution in [0.1, 0.15) is 10.6 Å². The Kier molecular flexibility index (Phi) is 6.11. The maximum absolute atomic E-state index is 12.2. The number of nitrogens with one attached hydrogen (secondary N) is 1. The molecule has 0 spiro atoms. The Morgan fingerprint density at radius 2 is 2.04 bits per heavy atom. The number of morpholine rings is 1. The Hall–Kier alpha value is -2.54. The molecule has 0 bridgehead atoms. The quantitative estimate of drug-likeness (QED) is 0.653. The average Bonchev–Trinajstić information content (AvgIpc) is 3.15. The molecule has 144 valence electrons. The molecule has 0 aliphatic carbocycles. The molecule has 1 aliphatic rings. The van der Waals surface area contributed by atoms with Crippen molar-refractivity contribution in [2.24, 2.45) is 0 Å². The van der Waals surface area contributed by atoms with Gasteiger partial charge in [-0.1, -0.05) is 42.5 Å². The van der Waals surface area contributed by atoms with Gasteiger partial charge in [0.2, 0.25) is 5.91 Å². The average molecular weight is 394 g/mol. The van der Waals surface area contributed by atoms with E-state index in [0.717, 1.165) is 34.9 Å². The number of rotatable bonds is 6. The SMILES string of the molecule is O=C(C=Cc1nc2ccccc2s1)NCC1CN(Cc2ccccc2)CCO1. The number of hydrogen-bond acceptors (Lipinski definition) is 5. The molecule has 0 radical (unpaired) electrons. The lowest BCUT2D eigenvalue weighted by Crippen LogP contribution is -2.46. The molecule has 6 heteroatoms. The van der Waals surface area contributed by atoms with E-state index in [2.05, 4.69) is 39.5 Å². The molecule has 1 aromatic heterocycles. The number of carbonyl (C=O) groups excluding carboxylic acids is 1. The van der Waals surface area contributed by atoms with Crippen LogP contribution in [0, 0.1) is 0 Å². The number of ether oxygens (including phenoxy) is 1. The van der Waals surface area contributed by atoms with Crippen molar-refractivity contribution in [3.05, 3.63) is 71.2 Å². The smallest absolute Gasteiger partial charge is 0.244 e. The molecule has 5 nitrogen and oxygen atoms in total. The number of fused-ring (bicyclic) bond motifs is 1. The fraction of sp³-hybridized carbons (Fsp3) is 0.273. The highest BCUT2D eigenvalue weighted by Crippen LogP contribution is 2.22. The Bertz CT molecular complexity index is 922. The molecule has 1 atom stereocenters. The first kappa shape index (κ1) is 18.8. The van der Waals surface area contributed by atoms with Gasteiger partial charge in [0, 0.05) is 32.3 Å². The summed E-state index contributed by atoms with van der Waals surface area (Å²) < 4.78 is 6.93. The third-order valence-electron chi connectivity index (χ3n) is 4.66. The maximum atomic E-state index is 12.2. The summed E-state index contributed by atoms with van der Waals surface area (Å²) in [5.74, 6) is -0.122. The van der Waals surface area contributed by atoms with Gasteiger partial charge in [-0.15, -0.1) is 11.3 Å². The van der Waals surface area contributed by atoms with Crippen molar-refractivity contribution in [1.82, 2.24) is 15.2 Å². The van der Waals surface area contributed by atoms with Crippen LogP contribution in [-0.2, 0) is 16.1 Å². The van der Waals surface area contributed by atoms with Crippen molar-refractivity contribution in [2.75, 3.05) is 26.2 Å². The highest BCUT2D eigenvalue weighted by molar-refractivity contribution is 7.19. The molecular formula is C22H23N3O2S. The van der Waals surface area contributed by atoms with Gasteiger partial charge in [0.1, 0.15) is 5.01 Å². The van der Waals surface area contributed by atoms with Gasteiger partial charge in [0.15, 0.2) is 0 Å². The van der Waals surface area contributed by atoms with Crippen molar-refractivity contribution < 1.29 is 9.53 Å². The lowest BCUT2D eigenvalue weighted by atomic mass is 10.2. The number of hydrogen-bond donors (Lipinski definition) is 1. The number of thiazole rings is 1. The normalized spacial score (nSPS) is 17.9. The van der Waals surface area contributed by atoms with E-state index in [4.69, 9.17) is 4.74 Å². The highest BCUT2D eigenvalue weighted by atomic mass is 32.1. The van der Waals surface area contributed by atoms with Crippen LogP contribution in [0.4, 0.5) is 0 Å². The molecule has 1 unspecified atom stereocenters. The van der Waals surface area contributed by atoms with Crippen LogP contribution in [0.2, 0.25) is 0 Å². The first-order valence-electron chi connectivity index (χ1n) is 9.45. The number of carbonyl (C=O) groups is 1. The lowest BCUT2D eigenvalue weighted by molar-refractivity contribution is -0.117. The van der Waals surface area contributed by atoms with Gasteiger partial charge in [-0.25, -0.2) is 4.98 Å². The summed E-state index contributed by atoms with van der Waals surface area (Å²) in [5.41, 5.74) is 2.26. The van der Waals surface area contributed by atoms with E-state index < -0.39 is 0 Å². The number of nitrogens with zero attached hydrogens (tertiary/aromatic N) is 2. The van der Waals surface area contributed by atoms with E-state index in [1.165, 1.54) is 5.56 Å². The summed E-state index contributed by atoms with van der Waals surface area (Å²) in [4.78, 5) is 19.0. The van der Waals surface area contributed by atoms with Crippen molar-refractivity contribution in [2.45, 2.75) is 12.6 Å². The molecule has 2 aromatic carbocycles. The standard InChI is InChI=1S/C22H23N3O2S/c26-21(10-11-22-24-19-8-4-5-9-20(19)28-22)23-14-18-16-25(12-13-27-18)15-17-6-2-1-3-7-17/h1-11,18H,12-16H2,(H,23,26). The zero-order valence-electron chi connectivity index (χ0n) is 15.6. The van der Waals surface area contributed by atoms with Crippen molar-refractivity contribution in [3.63, 3.8) is 0 Å². The number of para-hydroxylation sites is 1. The van der Waals surface area contributed by atoms with E-state index in [1.807, 2.05) is 30.3 Å². The molecule has 1 N–H and O–H groups in total. The van der Waals surface area contributed by atoms with E-state index >= 15 is 0 Å². The number of amides is 1. The van der Waals surface area contributed by atoms with Crippen LogP contribution >= 0.6 is 11.3 Å². The second kappa shape index (κ2) is 9.10. The van der Waals surface area contributed by atoms with Gasteiger partial charge >= 0.3 is 0 Å². The third-order valence-corrected chi connectivity index (χ3v) is 5.67. The second-order valence-electron chi connectivity index (χ2n) is 6.81. The first-order valence-corrected chi connectivity index (χ1v) is 10.3. The van der Waals surface area contributed by atoms with Crippen LogP contribution in [0.3, 0.4) is 0 Å².